The Labute approximate surface area is 159 Å². The summed E-state index contributed by atoms with van der Waals surface area (Å²) in [6, 6.07) is 7.66. The number of hydrogen-bond donors (Lipinski definition) is 0. The summed E-state index contributed by atoms with van der Waals surface area (Å²) >= 11 is 4.97. The number of thioether (sulfide) groups is 2. The van der Waals surface area contributed by atoms with Gasteiger partial charge in [-0.15, -0.1) is 10.2 Å². The van der Waals surface area contributed by atoms with Crippen LogP contribution in [0.25, 0.3) is 11.0 Å². The molecule has 0 N–H and O–H groups in total. The van der Waals surface area contributed by atoms with Crippen LogP contribution >= 0.6 is 34.9 Å². The standard InChI is InChI=1S/C18H20N2O2S3/c1-4-12-5-6-14-13(8-16(21)22-15(14)7-12)10-24-18-20-19-17(25-18)23-9-11(2)3/h5-8,11H,4,9-10H2,1-3H3. The fourth-order valence-corrected chi connectivity index (χ4v) is 5.29. The van der Waals surface area contributed by atoms with Crippen LogP contribution in [0.5, 0.6) is 0 Å². The third kappa shape index (κ3) is 4.86. The number of benzene rings is 1. The number of aryl methyl sites for hydroxylation is 1. The van der Waals surface area contributed by atoms with Crippen LogP contribution in [0.1, 0.15) is 31.9 Å². The lowest BCUT2D eigenvalue weighted by Crippen LogP contribution is -2.00. The van der Waals surface area contributed by atoms with Crippen molar-refractivity contribution in [3.8, 4) is 0 Å². The van der Waals surface area contributed by atoms with Crippen LogP contribution in [-0.4, -0.2) is 16.0 Å². The number of rotatable bonds is 7. The van der Waals surface area contributed by atoms with Crippen molar-refractivity contribution in [1.82, 2.24) is 10.2 Å². The van der Waals surface area contributed by atoms with Gasteiger partial charge in [0.25, 0.3) is 0 Å². The second-order valence-corrected chi connectivity index (χ2v) is 9.57. The molecule has 2 aromatic heterocycles. The van der Waals surface area contributed by atoms with Gasteiger partial charge in [-0.2, -0.15) is 0 Å². The van der Waals surface area contributed by atoms with Crippen molar-refractivity contribution in [1.29, 1.82) is 0 Å². The van der Waals surface area contributed by atoms with Crippen molar-refractivity contribution in [3.05, 3.63) is 45.8 Å². The van der Waals surface area contributed by atoms with E-state index in [1.54, 1.807) is 40.9 Å². The summed E-state index contributed by atoms with van der Waals surface area (Å²) in [6.07, 6.45) is 0.917. The highest BCUT2D eigenvalue weighted by Gasteiger charge is 2.10. The summed E-state index contributed by atoms with van der Waals surface area (Å²) in [7, 11) is 0. The van der Waals surface area contributed by atoms with E-state index in [2.05, 4.69) is 37.0 Å². The van der Waals surface area contributed by atoms with Crippen molar-refractivity contribution in [2.24, 2.45) is 5.92 Å². The van der Waals surface area contributed by atoms with E-state index < -0.39 is 0 Å². The van der Waals surface area contributed by atoms with Crippen molar-refractivity contribution < 1.29 is 4.42 Å². The molecule has 132 valence electrons. The van der Waals surface area contributed by atoms with Crippen molar-refractivity contribution in [2.45, 2.75) is 41.6 Å². The molecule has 0 saturated carbocycles. The van der Waals surface area contributed by atoms with E-state index in [9.17, 15) is 4.79 Å². The summed E-state index contributed by atoms with van der Waals surface area (Å²) in [6.45, 7) is 6.47. The van der Waals surface area contributed by atoms with E-state index in [1.165, 1.54) is 0 Å². The highest BCUT2D eigenvalue weighted by Crippen LogP contribution is 2.32. The second kappa shape index (κ2) is 8.38. The summed E-state index contributed by atoms with van der Waals surface area (Å²) < 4.78 is 7.29. The average molecular weight is 393 g/mol. The maximum absolute atomic E-state index is 11.9. The van der Waals surface area contributed by atoms with E-state index in [0.717, 1.165) is 37.4 Å². The van der Waals surface area contributed by atoms with Gasteiger partial charge in [-0.3, -0.25) is 0 Å². The van der Waals surface area contributed by atoms with Crippen LogP contribution in [0.2, 0.25) is 0 Å². The summed E-state index contributed by atoms with van der Waals surface area (Å²) in [5, 5.41) is 9.47. The van der Waals surface area contributed by atoms with Crippen molar-refractivity contribution in [3.63, 3.8) is 0 Å². The molecular weight excluding hydrogens is 372 g/mol. The number of hydrogen-bond acceptors (Lipinski definition) is 7. The first-order valence-corrected chi connectivity index (χ1v) is 11.0. The first-order valence-electron chi connectivity index (χ1n) is 8.20. The zero-order valence-corrected chi connectivity index (χ0v) is 16.9. The van der Waals surface area contributed by atoms with Gasteiger partial charge in [-0.05, 0) is 29.5 Å². The lowest BCUT2D eigenvalue weighted by atomic mass is 10.1. The zero-order chi connectivity index (χ0) is 17.8. The molecule has 0 aliphatic rings. The van der Waals surface area contributed by atoms with Crippen LogP contribution in [0.3, 0.4) is 0 Å². The average Bonchev–Trinajstić information content (AvgIpc) is 3.05. The Kier molecular flexibility index (Phi) is 6.19. The van der Waals surface area contributed by atoms with Crippen LogP contribution in [0.15, 0.2) is 42.2 Å². The van der Waals surface area contributed by atoms with E-state index in [1.807, 2.05) is 12.1 Å². The number of aromatic nitrogens is 2. The Hall–Kier alpha value is -1.31. The third-order valence-corrected chi connectivity index (χ3v) is 7.25. The highest BCUT2D eigenvalue weighted by atomic mass is 32.2. The van der Waals surface area contributed by atoms with E-state index in [0.29, 0.717) is 17.3 Å². The van der Waals surface area contributed by atoms with Gasteiger partial charge >= 0.3 is 5.63 Å². The van der Waals surface area contributed by atoms with Crippen LogP contribution in [-0.2, 0) is 12.2 Å². The Balaban J connectivity index is 1.76. The first kappa shape index (κ1) is 18.5. The molecule has 0 amide bonds. The maximum atomic E-state index is 11.9. The molecule has 3 aromatic rings. The Morgan fingerprint density at radius 2 is 1.92 bits per heavy atom. The van der Waals surface area contributed by atoms with Crippen LogP contribution in [0.4, 0.5) is 0 Å². The third-order valence-electron chi connectivity index (χ3n) is 3.58. The largest absolute Gasteiger partial charge is 0.423 e. The molecule has 0 fully saturated rings. The Morgan fingerprint density at radius 1 is 1.16 bits per heavy atom. The molecule has 0 radical (unpaired) electrons. The quantitative estimate of drug-likeness (QED) is 0.404. The topological polar surface area (TPSA) is 56.0 Å². The Bertz CT molecular complexity index is 918. The molecular formula is C18H20N2O2S3. The molecule has 0 spiro atoms. The molecule has 0 aliphatic carbocycles. The van der Waals surface area contributed by atoms with Gasteiger partial charge in [0, 0.05) is 23.0 Å². The van der Waals surface area contributed by atoms with E-state index >= 15 is 0 Å². The fraction of sp³-hybridized carbons (Fsp3) is 0.389. The lowest BCUT2D eigenvalue weighted by molar-refractivity contribution is 0.559. The molecule has 1 aromatic carbocycles. The molecule has 4 nitrogen and oxygen atoms in total. The van der Waals surface area contributed by atoms with Crippen molar-refractivity contribution >= 4 is 45.8 Å². The molecule has 25 heavy (non-hydrogen) atoms. The minimum Gasteiger partial charge on any atom is -0.423 e. The molecule has 2 heterocycles. The summed E-state index contributed by atoms with van der Waals surface area (Å²) in [5.74, 6) is 2.36. The van der Waals surface area contributed by atoms with Gasteiger partial charge in [0.2, 0.25) is 0 Å². The molecule has 0 saturated heterocycles. The van der Waals surface area contributed by atoms with E-state index in [4.69, 9.17) is 4.42 Å². The van der Waals surface area contributed by atoms with Crippen LogP contribution < -0.4 is 5.63 Å². The second-order valence-electron chi connectivity index (χ2n) is 6.10. The SMILES string of the molecule is CCc1ccc2c(CSc3nnc(SCC(C)C)s3)cc(=O)oc2c1. The van der Waals surface area contributed by atoms with Gasteiger partial charge < -0.3 is 4.42 Å². The van der Waals surface area contributed by atoms with Gasteiger partial charge in [0.15, 0.2) is 8.68 Å². The first-order chi connectivity index (χ1) is 12.0. The van der Waals surface area contributed by atoms with Gasteiger partial charge in [-0.25, -0.2) is 4.79 Å². The minimum absolute atomic E-state index is 0.304. The monoisotopic (exact) mass is 392 g/mol. The van der Waals surface area contributed by atoms with Gasteiger partial charge in [0.05, 0.1) is 0 Å². The summed E-state index contributed by atoms with van der Waals surface area (Å²) in [4.78, 5) is 11.9. The predicted molar refractivity (Wildman–Crippen MR) is 107 cm³/mol. The fourth-order valence-electron chi connectivity index (χ4n) is 2.30. The van der Waals surface area contributed by atoms with Crippen LogP contribution in [0, 0.1) is 5.92 Å². The lowest BCUT2D eigenvalue weighted by Gasteiger charge is -2.05. The minimum atomic E-state index is -0.304. The number of fused-ring (bicyclic) bond motifs is 1. The van der Waals surface area contributed by atoms with Crippen molar-refractivity contribution in [2.75, 3.05) is 5.75 Å². The molecule has 0 aliphatic heterocycles. The maximum Gasteiger partial charge on any atom is 0.336 e. The molecule has 0 atom stereocenters. The molecule has 7 heteroatoms. The van der Waals surface area contributed by atoms with E-state index in [-0.39, 0.29) is 5.63 Å². The molecule has 0 bridgehead atoms. The number of nitrogens with zero attached hydrogens (tertiary/aromatic N) is 2. The zero-order valence-electron chi connectivity index (χ0n) is 14.4. The normalized spacial score (nSPS) is 11.5. The highest BCUT2D eigenvalue weighted by molar-refractivity contribution is 8.02. The van der Waals surface area contributed by atoms with Gasteiger partial charge in [-0.1, -0.05) is 67.8 Å². The van der Waals surface area contributed by atoms with Gasteiger partial charge in [0.1, 0.15) is 5.58 Å². The predicted octanol–water partition coefficient (Wildman–Crippen LogP) is 5.25. The molecule has 0 unspecified atom stereocenters. The summed E-state index contributed by atoms with van der Waals surface area (Å²) in [5.41, 5.74) is 2.50. The smallest absolute Gasteiger partial charge is 0.336 e. The Morgan fingerprint density at radius 3 is 2.64 bits per heavy atom. The molecule has 3 rings (SSSR count).